The van der Waals surface area contributed by atoms with E-state index in [9.17, 15) is 4.79 Å². The third kappa shape index (κ3) is 7.95. The molecule has 1 unspecified atom stereocenters. The highest BCUT2D eigenvalue weighted by molar-refractivity contribution is 14.0. The average Bonchev–Trinajstić information content (AvgIpc) is 2.72. The minimum absolute atomic E-state index is 0. The van der Waals surface area contributed by atoms with Gasteiger partial charge in [-0.25, -0.2) is 4.99 Å². The van der Waals surface area contributed by atoms with Gasteiger partial charge in [0.1, 0.15) is 0 Å². The van der Waals surface area contributed by atoms with Crippen molar-refractivity contribution in [3.8, 4) is 0 Å². The molecule has 0 aliphatic carbocycles. The number of halogens is 1. The molecule has 1 aromatic rings. The van der Waals surface area contributed by atoms with Crippen LogP contribution in [-0.4, -0.2) is 56.0 Å². The zero-order chi connectivity index (χ0) is 19.5. The Balaban J connectivity index is 0.00000392. The number of nitrogens with one attached hydrogen (secondary N) is 3. The Hall–Kier alpha value is -1.35. The summed E-state index contributed by atoms with van der Waals surface area (Å²) in [5.74, 6) is 0.779. The predicted octanol–water partition coefficient (Wildman–Crippen LogP) is 2.98. The number of benzene rings is 1. The molecule has 6 nitrogen and oxygen atoms in total. The monoisotopic (exact) mass is 501 g/mol. The van der Waals surface area contributed by atoms with Crippen LogP contribution in [0.15, 0.2) is 29.3 Å². The number of likely N-dealkylation sites (tertiary alicyclic amines) is 1. The van der Waals surface area contributed by atoms with Gasteiger partial charge in [-0.2, -0.15) is 0 Å². The van der Waals surface area contributed by atoms with Crippen molar-refractivity contribution in [1.29, 1.82) is 0 Å². The molecule has 3 N–H and O–H groups in total. The maximum Gasteiger partial charge on any atom is 0.251 e. The van der Waals surface area contributed by atoms with E-state index < -0.39 is 0 Å². The fourth-order valence-electron chi connectivity index (χ4n) is 3.55. The van der Waals surface area contributed by atoms with Gasteiger partial charge in [-0.05, 0) is 50.4 Å². The summed E-state index contributed by atoms with van der Waals surface area (Å²) in [5.41, 5.74) is 1.75. The third-order valence-corrected chi connectivity index (χ3v) is 5.12. The molecule has 1 aliphatic rings. The van der Waals surface area contributed by atoms with E-state index in [1.807, 2.05) is 24.3 Å². The Morgan fingerprint density at radius 3 is 2.57 bits per heavy atom. The molecule has 0 radical (unpaired) electrons. The molecule has 2 rings (SSSR count). The van der Waals surface area contributed by atoms with Crippen molar-refractivity contribution in [3.05, 3.63) is 35.4 Å². The number of hydrogen-bond acceptors (Lipinski definition) is 3. The average molecular weight is 501 g/mol. The number of hydrogen-bond donors (Lipinski definition) is 3. The zero-order valence-corrected chi connectivity index (χ0v) is 19.8. The summed E-state index contributed by atoms with van der Waals surface area (Å²) in [5, 5.41) is 9.40. The Morgan fingerprint density at radius 1 is 1.18 bits per heavy atom. The Bertz CT molecular complexity index is 605. The number of aliphatic imine (C=N–C) groups is 1. The molecule has 1 atom stereocenters. The van der Waals surface area contributed by atoms with Crippen LogP contribution in [0.2, 0.25) is 0 Å². The van der Waals surface area contributed by atoms with Crippen molar-refractivity contribution in [2.24, 2.45) is 4.99 Å². The molecule has 7 heteroatoms. The Morgan fingerprint density at radius 2 is 1.93 bits per heavy atom. The molecule has 1 heterocycles. The van der Waals surface area contributed by atoms with Crippen molar-refractivity contribution in [2.45, 2.75) is 52.1 Å². The van der Waals surface area contributed by atoms with Crippen LogP contribution < -0.4 is 16.0 Å². The minimum Gasteiger partial charge on any atom is -0.357 e. The van der Waals surface area contributed by atoms with Crippen LogP contribution in [-0.2, 0) is 6.54 Å². The van der Waals surface area contributed by atoms with E-state index in [1.54, 1.807) is 7.05 Å². The van der Waals surface area contributed by atoms with E-state index in [2.05, 4.69) is 39.7 Å². The first-order chi connectivity index (χ1) is 13.2. The summed E-state index contributed by atoms with van der Waals surface area (Å²) in [7, 11) is 1.64. The van der Waals surface area contributed by atoms with Gasteiger partial charge in [-0.1, -0.05) is 25.5 Å². The summed E-state index contributed by atoms with van der Waals surface area (Å²) >= 11 is 0. The Kier molecular flexibility index (Phi) is 12.1. The lowest BCUT2D eigenvalue weighted by Crippen LogP contribution is -2.45. The van der Waals surface area contributed by atoms with E-state index in [0.29, 0.717) is 12.1 Å². The van der Waals surface area contributed by atoms with Gasteiger partial charge in [0, 0.05) is 38.3 Å². The van der Waals surface area contributed by atoms with E-state index in [1.165, 1.54) is 32.2 Å². The van der Waals surface area contributed by atoms with Gasteiger partial charge < -0.3 is 16.0 Å². The molecule has 1 aliphatic heterocycles. The van der Waals surface area contributed by atoms with Crippen LogP contribution in [0.5, 0.6) is 0 Å². The van der Waals surface area contributed by atoms with Crippen LogP contribution in [0.3, 0.4) is 0 Å². The number of piperidine rings is 1. The zero-order valence-electron chi connectivity index (χ0n) is 17.5. The summed E-state index contributed by atoms with van der Waals surface area (Å²) < 4.78 is 0. The first kappa shape index (κ1) is 24.7. The second-order valence-corrected chi connectivity index (χ2v) is 6.99. The lowest BCUT2D eigenvalue weighted by atomic mass is 10.0. The summed E-state index contributed by atoms with van der Waals surface area (Å²) in [4.78, 5) is 18.9. The van der Waals surface area contributed by atoms with Crippen molar-refractivity contribution >= 4 is 35.8 Å². The molecule has 28 heavy (non-hydrogen) atoms. The van der Waals surface area contributed by atoms with E-state index >= 15 is 0 Å². The van der Waals surface area contributed by atoms with E-state index in [4.69, 9.17) is 0 Å². The molecule has 1 fully saturated rings. The van der Waals surface area contributed by atoms with Gasteiger partial charge >= 0.3 is 0 Å². The maximum atomic E-state index is 11.6. The topological polar surface area (TPSA) is 68.8 Å². The van der Waals surface area contributed by atoms with Gasteiger partial charge in [-0.15, -0.1) is 24.0 Å². The van der Waals surface area contributed by atoms with Gasteiger partial charge in [0.05, 0.1) is 6.54 Å². The smallest absolute Gasteiger partial charge is 0.251 e. The number of carbonyl (C=O) groups is 1. The normalized spacial score (nSPS) is 17.5. The van der Waals surface area contributed by atoms with Gasteiger partial charge in [0.2, 0.25) is 0 Å². The molecule has 0 aromatic heterocycles. The Labute approximate surface area is 187 Å². The van der Waals surface area contributed by atoms with Crippen molar-refractivity contribution in [2.75, 3.05) is 33.2 Å². The summed E-state index contributed by atoms with van der Waals surface area (Å²) in [6, 6.07) is 8.32. The van der Waals surface area contributed by atoms with Gasteiger partial charge in [0.25, 0.3) is 5.91 Å². The molecule has 1 aromatic carbocycles. The molecule has 0 saturated carbocycles. The molecule has 1 amide bonds. The fourth-order valence-corrected chi connectivity index (χ4v) is 3.55. The number of guanidine groups is 1. The van der Waals surface area contributed by atoms with Crippen LogP contribution in [0.25, 0.3) is 0 Å². The van der Waals surface area contributed by atoms with Crippen molar-refractivity contribution in [1.82, 2.24) is 20.9 Å². The standard InChI is InChI=1S/C21H35N5O.HI/c1-4-19-8-6-7-14-26(19)15-13-24-21(23-5-2)25-16-17-9-11-18(12-10-17)20(27)22-3;/h9-12,19H,4-8,13-16H2,1-3H3,(H,22,27)(H2,23,24,25);1H. The van der Waals surface area contributed by atoms with Gasteiger partial charge in [-0.3, -0.25) is 9.69 Å². The molecule has 0 spiro atoms. The fraction of sp³-hybridized carbons (Fsp3) is 0.619. The molecular weight excluding hydrogens is 465 g/mol. The highest BCUT2D eigenvalue weighted by atomic mass is 127. The lowest BCUT2D eigenvalue weighted by Gasteiger charge is -2.35. The molecular formula is C21H36IN5O. The van der Waals surface area contributed by atoms with E-state index in [-0.39, 0.29) is 29.9 Å². The predicted molar refractivity (Wildman–Crippen MR) is 128 cm³/mol. The number of rotatable bonds is 8. The third-order valence-electron chi connectivity index (χ3n) is 5.12. The van der Waals surface area contributed by atoms with Crippen LogP contribution in [0.4, 0.5) is 0 Å². The largest absolute Gasteiger partial charge is 0.357 e. The number of carbonyl (C=O) groups excluding carboxylic acids is 1. The lowest BCUT2D eigenvalue weighted by molar-refractivity contribution is 0.0963. The highest BCUT2D eigenvalue weighted by Gasteiger charge is 2.19. The highest BCUT2D eigenvalue weighted by Crippen LogP contribution is 2.18. The quantitative estimate of drug-likeness (QED) is 0.291. The molecule has 158 valence electrons. The van der Waals surface area contributed by atoms with Crippen LogP contribution in [0.1, 0.15) is 55.5 Å². The van der Waals surface area contributed by atoms with Crippen LogP contribution in [0, 0.1) is 0 Å². The second-order valence-electron chi connectivity index (χ2n) is 6.99. The second kappa shape index (κ2) is 13.8. The van der Waals surface area contributed by atoms with Gasteiger partial charge in [0.15, 0.2) is 5.96 Å². The van der Waals surface area contributed by atoms with Crippen molar-refractivity contribution < 1.29 is 4.79 Å². The summed E-state index contributed by atoms with van der Waals surface area (Å²) in [6.07, 6.45) is 5.25. The van der Waals surface area contributed by atoms with Crippen molar-refractivity contribution in [3.63, 3.8) is 0 Å². The van der Waals surface area contributed by atoms with Crippen LogP contribution >= 0.6 is 24.0 Å². The number of amides is 1. The first-order valence-electron chi connectivity index (χ1n) is 10.2. The minimum atomic E-state index is -0.0665. The van der Waals surface area contributed by atoms with E-state index in [0.717, 1.165) is 37.2 Å². The maximum absolute atomic E-state index is 11.6. The first-order valence-corrected chi connectivity index (χ1v) is 10.2. The molecule has 0 bridgehead atoms. The summed E-state index contributed by atoms with van der Waals surface area (Å²) in [6.45, 7) is 8.96. The SMILES string of the molecule is CCNC(=NCc1ccc(C(=O)NC)cc1)NCCN1CCCCC1CC.I. The number of nitrogens with zero attached hydrogens (tertiary/aromatic N) is 2. The molecule has 1 saturated heterocycles.